The molecule has 5 heteroatoms. The van der Waals surface area contributed by atoms with Gasteiger partial charge in [-0.1, -0.05) is 13.8 Å². The lowest BCUT2D eigenvalue weighted by Crippen LogP contribution is -2.38. The first kappa shape index (κ1) is 14.1. The van der Waals surface area contributed by atoms with Crippen molar-refractivity contribution in [1.82, 2.24) is 10.3 Å². The van der Waals surface area contributed by atoms with Gasteiger partial charge in [-0.2, -0.15) is 0 Å². The van der Waals surface area contributed by atoms with E-state index in [0.717, 1.165) is 6.42 Å². The van der Waals surface area contributed by atoms with Crippen LogP contribution in [-0.2, 0) is 0 Å². The third kappa shape index (κ3) is 4.44. The van der Waals surface area contributed by atoms with Gasteiger partial charge in [0.2, 0.25) is 0 Å². The van der Waals surface area contributed by atoms with Crippen LogP contribution in [0.25, 0.3) is 0 Å². The summed E-state index contributed by atoms with van der Waals surface area (Å²) in [5.74, 6) is 0.150. The van der Waals surface area contributed by atoms with Gasteiger partial charge in [0.25, 0.3) is 5.91 Å². The van der Waals surface area contributed by atoms with E-state index in [-0.39, 0.29) is 18.6 Å². The van der Waals surface area contributed by atoms with Crippen molar-refractivity contribution in [3.8, 4) is 0 Å². The van der Waals surface area contributed by atoms with Gasteiger partial charge in [0.1, 0.15) is 5.69 Å². The summed E-state index contributed by atoms with van der Waals surface area (Å²) >= 11 is 3.27. The Morgan fingerprint density at radius 1 is 1.59 bits per heavy atom. The van der Waals surface area contributed by atoms with Crippen LogP contribution in [0.2, 0.25) is 0 Å². The second kappa shape index (κ2) is 6.71. The van der Waals surface area contributed by atoms with Crippen LogP contribution < -0.4 is 5.32 Å². The van der Waals surface area contributed by atoms with Crippen molar-refractivity contribution in [3.63, 3.8) is 0 Å². The van der Waals surface area contributed by atoms with Crippen molar-refractivity contribution in [3.05, 3.63) is 28.5 Å². The van der Waals surface area contributed by atoms with Crippen LogP contribution in [0.1, 0.15) is 30.8 Å². The number of carbonyl (C=O) groups is 1. The predicted octanol–water partition coefficient (Wildman–Crippen LogP) is 1.98. The first-order valence-corrected chi connectivity index (χ1v) is 6.36. The van der Waals surface area contributed by atoms with Crippen molar-refractivity contribution in [1.29, 1.82) is 0 Å². The molecule has 0 saturated carbocycles. The Labute approximate surface area is 110 Å². The fourth-order valence-electron chi connectivity index (χ4n) is 1.55. The molecule has 1 aromatic heterocycles. The Kier molecular flexibility index (Phi) is 5.58. The Balaban J connectivity index is 2.68. The molecule has 1 atom stereocenters. The molecule has 0 radical (unpaired) electrons. The number of aliphatic hydroxyl groups excluding tert-OH is 1. The molecule has 1 heterocycles. The molecule has 0 aromatic carbocycles. The lowest BCUT2D eigenvalue weighted by atomic mass is 10.0. The molecule has 17 heavy (non-hydrogen) atoms. The fourth-order valence-corrected chi connectivity index (χ4v) is 1.99. The smallest absolute Gasteiger partial charge is 0.271 e. The molecule has 0 aliphatic heterocycles. The van der Waals surface area contributed by atoms with E-state index in [1.165, 1.54) is 0 Å². The zero-order chi connectivity index (χ0) is 12.8. The van der Waals surface area contributed by atoms with Crippen LogP contribution in [0.5, 0.6) is 0 Å². The molecular weight excluding hydrogens is 284 g/mol. The molecule has 94 valence electrons. The van der Waals surface area contributed by atoms with Gasteiger partial charge in [0, 0.05) is 10.7 Å². The summed E-state index contributed by atoms with van der Waals surface area (Å²) in [6.45, 7) is 4.03. The van der Waals surface area contributed by atoms with Crippen LogP contribution in [-0.4, -0.2) is 28.6 Å². The van der Waals surface area contributed by atoms with Gasteiger partial charge in [0.05, 0.1) is 12.6 Å². The van der Waals surface area contributed by atoms with Gasteiger partial charge >= 0.3 is 0 Å². The topological polar surface area (TPSA) is 62.2 Å². The Morgan fingerprint density at radius 3 is 2.82 bits per heavy atom. The number of aliphatic hydroxyl groups is 1. The number of nitrogens with zero attached hydrogens (tertiary/aromatic N) is 1. The molecule has 4 nitrogen and oxygen atoms in total. The van der Waals surface area contributed by atoms with E-state index in [1.54, 1.807) is 18.3 Å². The number of amides is 1. The van der Waals surface area contributed by atoms with Crippen LogP contribution in [0.3, 0.4) is 0 Å². The summed E-state index contributed by atoms with van der Waals surface area (Å²) in [7, 11) is 0. The minimum absolute atomic E-state index is 0.0611. The number of pyridine rings is 1. The lowest BCUT2D eigenvalue weighted by molar-refractivity contribution is 0.0902. The number of carbonyl (C=O) groups excluding carboxylic acids is 1. The number of hydrogen-bond donors (Lipinski definition) is 2. The van der Waals surface area contributed by atoms with E-state index in [2.05, 4.69) is 26.2 Å². The molecule has 2 N–H and O–H groups in total. The summed E-state index contributed by atoms with van der Waals surface area (Å²) in [6, 6.07) is 3.29. The molecular formula is C12H17BrN2O2. The number of nitrogens with one attached hydrogen (secondary N) is 1. The van der Waals surface area contributed by atoms with Gasteiger partial charge in [-0.25, -0.2) is 4.98 Å². The Morgan fingerprint density at radius 2 is 2.29 bits per heavy atom. The first-order chi connectivity index (χ1) is 8.04. The molecule has 0 saturated heterocycles. The fraction of sp³-hybridized carbons (Fsp3) is 0.500. The highest BCUT2D eigenvalue weighted by atomic mass is 79.9. The second-order valence-electron chi connectivity index (χ2n) is 4.32. The van der Waals surface area contributed by atoms with Crippen LogP contribution in [0.15, 0.2) is 22.8 Å². The molecule has 1 unspecified atom stereocenters. The van der Waals surface area contributed by atoms with Gasteiger partial charge in [-0.3, -0.25) is 4.79 Å². The largest absolute Gasteiger partial charge is 0.394 e. The van der Waals surface area contributed by atoms with E-state index in [0.29, 0.717) is 16.1 Å². The van der Waals surface area contributed by atoms with E-state index in [4.69, 9.17) is 0 Å². The maximum Gasteiger partial charge on any atom is 0.271 e. The van der Waals surface area contributed by atoms with Crippen molar-refractivity contribution in [2.24, 2.45) is 5.92 Å². The summed E-state index contributed by atoms with van der Waals surface area (Å²) in [5, 5.41) is 12.0. The molecule has 0 aliphatic carbocycles. The Bertz CT molecular complexity index is 383. The highest BCUT2D eigenvalue weighted by Crippen LogP contribution is 2.13. The molecule has 0 fully saturated rings. The van der Waals surface area contributed by atoms with Gasteiger partial charge in [0.15, 0.2) is 0 Å². The second-order valence-corrected chi connectivity index (χ2v) is 5.17. The number of rotatable bonds is 5. The SMILES string of the molecule is CC(C)CC(CO)NC(=O)c1ncccc1Br. The molecule has 0 spiro atoms. The van der Waals surface area contributed by atoms with Crippen molar-refractivity contribution in [2.45, 2.75) is 26.3 Å². The highest BCUT2D eigenvalue weighted by Gasteiger charge is 2.16. The van der Waals surface area contributed by atoms with E-state index < -0.39 is 0 Å². The summed E-state index contributed by atoms with van der Waals surface area (Å²) in [4.78, 5) is 15.9. The molecule has 1 aromatic rings. The quantitative estimate of drug-likeness (QED) is 0.874. The average molecular weight is 301 g/mol. The van der Waals surface area contributed by atoms with E-state index in [1.807, 2.05) is 13.8 Å². The monoisotopic (exact) mass is 300 g/mol. The molecule has 1 rings (SSSR count). The Hall–Kier alpha value is -0.940. The summed E-state index contributed by atoms with van der Waals surface area (Å²) in [6.07, 6.45) is 2.31. The van der Waals surface area contributed by atoms with Crippen LogP contribution in [0, 0.1) is 5.92 Å². The van der Waals surface area contributed by atoms with Gasteiger partial charge in [-0.15, -0.1) is 0 Å². The normalized spacial score (nSPS) is 12.5. The first-order valence-electron chi connectivity index (χ1n) is 5.56. The third-order valence-electron chi connectivity index (χ3n) is 2.29. The van der Waals surface area contributed by atoms with E-state index in [9.17, 15) is 9.90 Å². The lowest BCUT2D eigenvalue weighted by Gasteiger charge is -2.18. The maximum absolute atomic E-state index is 11.9. The standard InChI is InChI=1S/C12H17BrN2O2/c1-8(2)6-9(7-16)15-12(17)11-10(13)4-3-5-14-11/h3-5,8-9,16H,6-7H2,1-2H3,(H,15,17). The average Bonchev–Trinajstić information content (AvgIpc) is 2.27. The van der Waals surface area contributed by atoms with E-state index >= 15 is 0 Å². The number of aromatic nitrogens is 1. The van der Waals surface area contributed by atoms with Gasteiger partial charge in [-0.05, 0) is 40.4 Å². The van der Waals surface area contributed by atoms with Crippen molar-refractivity contribution < 1.29 is 9.90 Å². The summed E-state index contributed by atoms with van der Waals surface area (Å²) < 4.78 is 0.652. The van der Waals surface area contributed by atoms with Gasteiger partial charge < -0.3 is 10.4 Å². The number of halogens is 1. The zero-order valence-corrected chi connectivity index (χ0v) is 11.6. The molecule has 1 amide bonds. The maximum atomic E-state index is 11.9. The van der Waals surface area contributed by atoms with Crippen molar-refractivity contribution in [2.75, 3.05) is 6.61 Å². The minimum Gasteiger partial charge on any atom is -0.394 e. The summed E-state index contributed by atoms with van der Waals surface area (Å²) in [5.41, 5.74) is 0.342. The number of hydrogen-bond acceptors (Lipinski definition) is 3. The predicted molar refractivity (Wildman–Crippen MR) is 69.7 cm³/mol. The highest BCUT2D eigenvalue weighted by molar-refractivity contribution is 9.10. The third-order valence-corrected chi connectivity index (χ3v) is 2.92. The minimum atomic E-state index is -0.267. The molecule has 0 aliphatic rings. The zero-order valence-electron chi connectivity index (χ0n) is 9.98. The molecule has 0 bridgehead atoms. The van der Waals surface area contributed by atoms with Crippen LogP contribution >= 0.6 is 15.9 Å². The van der Waals surface area contributed by atoms with Crippen LogP contribution in [0.4, 0.5) is 0 Å². The van der Waals surface area contributed by atoms with Crippen molar-refractivity contribution >= 4 is 21.8 Å².